The molecule has 0 aromatic heterocycles. The fraction of sp³-hybridized carbons (Fsp3) is 0.440. The third-order valence-corrected chi connectivity index (χ3v) is 5.00. The lowest BCUT2D eigenvalue weighted by Crippen LogP contribution is -2.41. The zero-order valence-corrected chi connectivity index (χ0v) is 19.1. The maximum Gasteiger partial charge on any atom is 0.251 e. The topological polar surface area (TPSA) is 76.7 Å². The van der Waals surface area contributed by atoms with E-state index in [1.54, 1.807) is 48.5 Å². The maximum absolute atomic E-state index is 12.4. The van der Waals surface area contributed by atoms with Gasteiger partial charge >= 0.3 is 0 Å². The van der Waals surface area contributed by atoms with Gasteiger partial charge in [0.1, 0.15) is 11.5 Å². The molecule has 6 nitrogen and oxygen atoms in total. The van der Waals surface area contributed by atoms with E-state index in [4.69, 9.17) is 9.47 Å². The van der Waals surface area contributed by atoms with Crippen molar-refractivity contribution in [3.05, 3.63) is 59.7 Å². The molecule has 3 unspecified atom stereocenters. The summed E-state index contributed by atoms with van der Waals surface area (Å²) >= 11 is 0. The fourth-order valence-corrected chi connectivity index (χ4v) is 2.71. The Morgan fingerprint density at radius 1 is 0.742 bits per heavy atom. The lowest BCUT2D eigenvalue weighted by Gasteiger charge is -2.16. The average molecular weight is 427 g/mol. The molecule has 2 amide bonds. The Morgan fingerprint density at radius 3 is 1.58 bits per heavy atom. The molecule has 168 valence electrons. The van der Waals surface area contributed by atoms with Crippen LogP contribution in [0.2, 0.25) is 0 Å². The fourth-order valence-electron chi connectivity index (χ4n) is 2.71. The van der Waals surface area contributed by atoms with Crippen molar-refractivity contribution < 1.29 is 19.1 Å². The lowest BCUT2D eigenvalue weighted by atomic mass is 10.1. The van der Waals surface area contributed by atoms with Gasteiger partial charge in [-0.15, -0.1) is 0 Å². The standard InChI is InChI=1S/C25H34N2O4/c1-6-18(4)30-22-12-8-20(9-13-22)24(28)26-16-17(3)27-25(29)21-10-14-23(15-11-21)31-19(5)7-2/h8-15,17-19H,6-7,16H2,1-5H3,(H,26,28)(H,27,29). The van der Waals surface area contributed by atoms with Crippen LogP contribution in [0.1, 0.15) is 68.2 Å². The highest BCUT2D eigenvalue weighted by molar-refractivity contribution is 5.95. The number of hydrogen-bond acceptors (Lipinski definition) is 4. The van der Waals surface area contributed by atoms with E-state index in [9.17, 15) is 9.59 Å². The van der Waals surface area contributed by atoms with Crippen molar-refractivity contribution in [2.24, 2.45) is 0 Å². The molecular formula is C25H34N2O4. The normalized spacial score (nSPS) is 13.6. The van der Waals surface area contributed by atoms with Crippen molar-refractivity contribution in [2.45, 2.75) is 65.7 Å². The molecule has 6 heteroatoms. The summed E-state index contributed by atoms with van der Waals surface area (Å²) in [6.07, 6.45) is 2.10. The number of hydrogen-bond donors (Lipinski definition) is 2. The summed E-state index contributed by atoms with van der Waals surface area (Å²) in [6.45, 7) is 10.3. The zero-order chi connectivity index (χ0) is 22.8. The molecule has 0 saturated heterocycles. The molecule has 0 aliphatic carbocycles. The van der Waals surface area contributed by atoms with Crippen LogP contribution in [0.3, 0.4) is 0 Å². The second kappa shape index (κ2) is 12.0. The molecule has 2 rings (SSSR count). The van der Waals surface area contributed by atoms with Crippen LogP contribution in [0, 0.1) is 0 Å². The number of benzene rings is 2. The van der Waals surface area contributed by atoms with Crippen LogP contribution >= 0.6 is 0 Å². The van der Waals surface area contributed by atoms with Gasteiger partial charge in [0.05, 0.1) is 12.2 Å². The van der Waals surface area contributed by atoms with E-state index in [-0.39, 0.29) is 30.1 Å². The summed E-state index contributed by atoms with van der Waals surface area (Å²) in [7, 11) is 0. The van der Waals surface area contributed by atoms with Gasteiger partial charge in [0, 0.05) is 23.7 Å². The van der Waals surface area contributed by atoms with Crippen molar-refractivity contribution in [1.29, 1.82) is 0 Å². The van der Waals surface area contributed by atoms with E-state index in [1.165, 1.54) is 0 Å². The summed E-state index contributed by atoms with van der Waals surface area (Å²) in [4.78, 5) is 24.8. The first kappa shape index (κ1) is 24.3. The summed E-state index contributed by atoms with van der Waals surface area (Å²) in [5.74, 6) is 1.10. The lowest BCUT2D eigenvalue weighted by molar-refractivity contribution is 0.0912. The Hall–Kier alpha value is -3.02. The quantitative estimate of drug-likeness (QED) is 0.551. The molecule has 0 bridgehead atoms. The summed E-state index contributed by atoms with van der Waals surface area (Å²) in [6, 6.07) is 13.9. The third kappa shape index (κ3) is 7.96. The van der Waals surface area contributed by atoms with Gasteiger partial charge in [0.15, 0.2) is 0 Å². The Kier molecular flexibility index (Phi) is 9.38. The van der Waals surface area contributed by atoms with Crippen LogP contribution in [-0.4, -0.2) is 36.6 Å². The SMILES string of the molecule is CCC(C)Oc1ccc(C(=O)NCC(C)NC(=O)c2ccc(OC(C)CC)cc2)cc1. The molecule has 0 saturated carbocycles. The molecule has 0 radical (unpaired) electrons. The van der Waals surface area contributed by atoms with Gasteiger partial charge in [-0.05, 0) is 82.1 Å². The predicted molar refractivity (Wildman–Crippen MR) is 123 cm³/mol. The number of amides is 2. The Labute approximate surface area is 185 Å². The minimum atomic E-state index is -0.222. The second-order valence-electron chi connectivity index (χ2n) is 7.81. The number of ether oxygens (including phenoxy) is 2. The van der Waals surface area contributed by atoms with E-state index < -0.39 is 0 Å². The first-order chi connectivity index (χ1) is 14.8. The largest absolute Gasteiger partial charge is 0.491 e. The van der Waals surface area contributed by atoms with E-state index >= 15 is 0 Å². The van der Waals surface area contributed by atoms with Crippen LogP contribution in [-0.2, 0) is 0 Å². The predicted octanol–water partition coefficient (Wildman–Crippen LogP) is 4.59. The van der Waals surface area contributed by atoms with Crippen molar-refractivity contribution in [1.82, 2.24) is 10.6 Å². The second-order valence-corrected chi connectivity index (χ2v) is 7.81. The molecule has 0 fully saturated rings. The van der Waals surface area contributed by atoms with Gasteiger partial charge in [0.25, 0.3) is 11.8 Å². The first-order valence-corrected chi connectivity index (χ1v) is 10.9. The number of rotatable bonds is 11. The van der Waals surface area contributed by atoms with Gasteiger partial charge in [-0.25, -0.2) is 0 Å². The third-order valence-electron chi connectivity index (χ3n) is 5.00. The molecule has 0 aliphatic rings. The Morgan fingerprint density at radius 2 is 1.16 bits per heavy atom. The van der Waals surface area contributed by atoms with E-state index in [1.807, 2.05) is 20.8 Å². The van der Waals surface area contributed by atoms with Gasteiger partial charge in [-0.1, -0.05) is 13.8 Å². The molecular weight excluding hydrogens is 392 g/mol. The summed E-state index contributed by atoms with van der Waals surface area (Å²) in [5, 5.41) is 5.75. The van der Waals surface area contributed by atoms with Crippen LogP contribution in [0.15, 0.2) is 48.5 Å². The smallest absolute Gasteiger partial charge is 0.251 e. The van der Waals surface area contributed by atoms with Gasteiger partial charge < -0.3 is 20.1 Å². The van der Waals surface area contributed by atoms with Crippen LogP contribution < -0.4 is 20.1 Å². The molecule has 2 N–H and O–H groups in total. The van der Waals surface area contributed by atoms with Crippen molar-refractivity contribution in [3.8, 4) is 11.5 Å². The van der Waals surface area contributed by atoms with Crippen LogP contribution in [0.5, 0.6) is 11.5 Å². The molecule has 0 heterocycles. The van der Waals surface area contributed by atoms with Crippen molar-refractivity contribution in [3.63, 3.8) is 0 Å². The monoisotopic (exact) mass is 426 g/mol. The van der Waals surface area contributed by atoms with Gasteiger partial charge in [0.2, 0.25) is 0 Å². The number of carbonyl (C=O) groups is 2. The highest BCUT2D eigenvalue weighted by Crippen LogP contribution is 2.16. The maximum atomic E-state index is 12.4. The summed E-state index contributed by atoms with van der Waals surface area (Å²) in [5.41, 5.74) is 1.10. The van der Waals surface area contributed by atoms with Crippen molar-refractivity contribution >= 4 is 11.8 Å². The van der Waals surface area contributed by atoms with Gasteiger partial charge in [-0.3, -0.25) is 9.59 Å². The minimum absolute atomic E-state index is 0.131. The molecule has 2 aromatic carbocycles. The molecule has 31 heavy (non-hydrogen) atoms. The Balaban J connectivity index is 1.80. The molecule has 3 atom stereocenters. The summed E-state index contributed by atoms with van der Waals surface area (Å²) < 4.78 is 11.5. The number of carbonyl (C=O) groups excluding carboxylic acids is 2. The van der Waals surface area contributed by atoms with Crippen molar-refractivity contribution in [2.75, 3.05) is 6.54 Å². The average Bonchev–Trinajstić information content (AvgIpc) is 2.78. The van der Waals surface area contributed by atoms with E-state index in [2.05, 4.69) is 24.5 Å². The molecule has 2 aromatic rings. The van der Waals surface area contributed by atoms with Gasteiger partial charge in [-0.2, -0.15) is 0 Å². The van der Waals surface area contributed by atoms with Crippen LogP contribution in [0.25, 0.3) is 0 Å². The molecule has 0 spiro atoms. The van der Waals surface area contributed by atoms with E-state index in [0.29, 0.717) is 17.7 Å². The van der Waals surface area contributed by atoms with E-state index in [0.717, 1.165) is 24.3 Å². The first-order valence-electron chi connectivity index (χ1n) is 10.9. The highest BCUT2D eigenvalue weighted by Gasteiger charge is 2.13. The minimum Gasteiger partial charge on any atom is -0.491 e. The Bertz CT molecular complexity index is 834. The zero-order valence-electron chi connectivity index (χ0n) is 19.1. The van der Waals surface area contributed by atoms with Crippen LogP contribution in [0.4, 0.5) is 0 Å². The highest BCUT2D eigenvalue weighted by atomic mass is 16.5. The number of nitrogens with one attached hydrogen (secondary N) is 2. The molecule has 0 aliphatic heterocycles.